The first kappa shape index (κ1) is 18.6. The van der Waals surface area contributed by atoms with Crippen LogP contribution in [-0.4, -0.2) is 61.0 Å². The highest BCUT2D eigenvalue weighted by Crippen LogP contribution is 2.31. The highest BCUT2D eigenvalue weighted by atomic mass is 19.1. The maximum atomic E-state index is 13.0. The molecular weight excluding hydrogens is 335 g/mol. The van der Waals surface area contributed by atoms with Crippen LogP contribution in [-0.2, 0) is 14.3 Å². The molecule has 2 saturated heterocycles. The van der Waals surface area contributed by atoms with Crippen LogP contribution in [0, 0.1) is 11.7 Å². The van der Waals surface area contributed by atoms with Crippen molar-refractivity contribution < 1.29 is 18.7 Å². The number of nitrogens with zero attached hydrogens (tertiary/aromatic N) is 2. The number of halogens is 1. The minimum Gasteiger partial charge on any atom is -0.375 e. The van der Waals surface area contributed by atoms with Crippen LogP contribution in [0.4, 0.5) is 4.39 Å². The summed E-state index contributed by atoms with van der Waals surface area (Å²) in [5, 5.41) is 0. The number of fused-ring (bicyclic) bond motifs is 1. The summed E-state index contributed by atoms with van der Waals surface area (Å²) in [6.07, 6.45) is 6.08. The fourth-order valence-electron chi connectivity index (χ4n) is 3.96. The number of rotatable bonds is 4. The number of hydrogen-bond donors (Lipinski definition) is 0. The monoisotopic (exact) mass is 360 g/mol. The first-order valence-electron chi connectivity index (χ1n) is 9.09. The third-order valence-corrected chi connectivity index (χ3v) is 5.26. The van der Waals surface area contributed by atoms with Crippen molar-refractivity contribution in [2.24, 2.45) is 5.92 Å². The maximum absolute atomic E-state index is 13.0. The minimum absolute atomic E-state index is 0.0132. The van der Waals surface area contributed by atoms with E-state index < -0.39 is 0 Å². The number of methoxy groups -OCH3 is 1. The van der Waals surface area contributed by atoms with Gasteiger partial charge in [0, 0.05) is 38.9 Å². The van der Waals surface area contributed by atoms with Gasteiger partial charge in [-0.25, -0.2) is 4.39 Å². The Morgan fingerprint density at radius 3 is 2.73 bits per heavy atom. The van der Waals surface area contributed by atoms with E-state index in [4.69, 9.17) is 4.74 Å². The Hall–Kier alpha value is -2.21. The van der Waals surface area contributed by atoms with E-state index in [1.165, 1.54) is 19.2 Å². The van der Waals surface area contributed by atoms with E-state index in [1.54, 1.807) is 24.3 Å². The molecule has 3 rings (SSSR count). The highest BCUT2D eigenvalue weighted by Gasteiger charge is 2.38. The van der Waals surface area contributed by atoms with Gasteiger partial charge in [-0.3, -0.25) is 9.59 Å². The number of carbonyl (C=O) groups excluding carboxylic acids is 2. The quantitative estimate of drug-likeness (QED) is 0.775. The number of ether oxygens (including phenoxy) is 1. The molecule has 6 heteroatoms. The normalized spacial score (nSPS) is 23.2. The molecule has 140 valence electrons. The summed E-state index contributed by atoms with van der Waals surface area (Å²) in [6.45, 7) is 2.22. The van der Waals surface area contributed by atoms with E-state index in [1.807, 2.05) is 9.80 Å². The summed E-state index contributed by atoms with van der Waals surface area (Å²) < 4.78 is 17.9. The Balaban J connectivity index is 1.63. The summed E-state index contributed by atoms with van der Waals surface area (Å²) in [7, 11) is 1.53. The molecule has 0 N–H and O–H groups in total. The molecule has 1 aromatic rings. The standard InChI is InChI=1S/C20H25FN2O3/c1-26-14-20(25)22-12-10-18-16(13-22)3-2-11-23(18)19(24)9-6-15-4-7-17(21)8-5-15/h4-9,16,18H,2-3,10-14H2,1H3/b9-6+/t16-,18+/m1/s1. The van der Waals surface area contributed by atoms with Crippen molar-refractivity contribution in [2.75, 3.05) is 33.4 Å². The fraction of sp³-hybridized carbons (Fsp3) is 0.500. The number of piperidine rings is 2. The van der Waals surface area contributed by atoms with Crippen LogP contribution in [0.25, 0.3) is 6.08 Å². The van der Waals surface area contributed by atoms with E-state index in [0.29, 0.717) is 19.0 Å². The summed E-state index contributed by atoms with van der Waals surface area (Å²) >= 11 is 0. The van der Waals surface area contributed by atoms with Gasteiger partial charge >= 0.3 is 0 Å². The number of hydrogen-bond acceptors (Lipinski definition) is 3. The predicted octanol–water partition coefficient (Wildman–Crippen LogP) is 2.32. The molecule has 0 bridgehead atoms. The molecule has 26 heavy (non-hydrogen) atoms. The lowest BCUT2D eigenvalue weighted by atomic mass is 9.83. The molecule has 2 fully saturated rings. The Labute approximate surface area is 153 Å². The van der Waals surface area contributed by atoms with Crippen molar-refractivity contribution in [2.45, 2.75) is 25.3 Å². The Bertz CT molecular complexity index is 674. The average molecular weight is 360 g/mol. The predicted molar refractivity (Wildman–Crippen MR) is 96.7 cm³/mol. The topological polar surface area (TPSA) is 49.9 Å². The van der Waals surface area contributed by atoms with Gasteiger partial charge in [0.15, 0.2) is 0 Å². The molecule has 0 aromatic heterocycles. The maximum Gasteiger partial charge on any atom is 0.248 e. The Kier molecular flexibility index (Phi) is 6.04. The molecule has 1 aromatic carbocycles. The zero-order chi connectivity index (χ0) is 18.5. The molecule has 2 aliphatic heterocycles. The Morgan fingerprint density at radius 2 is 2.00 bits per heavy atom. The zero-order valence-electron chi connectivity index (χ0n) is 15.1. The average Bonchev–Trinajstić information content (AvgIpc) is 2.66. The van der Waals surface area contributed by atoms with Crippen LogP contribution < -0.4 is 0 Å². The van der Waals surface area contributed by atoms with Gasteiger partial charge in [0.2, 0.25) is 11.8 Å². The van der Waals surface area contributed by atoms with Gasteiger partial charge in [-0.05, 0) is 49.0 Å². The van der Waals surface area contributed by atoms with Gasteiger partial charge in [-0.1, -0.05) is 12.1 Å². The lowest BCUT2D eigenvalue weighted by molar-refractivity contribution is -0.141. The first-order chi connectivity index (χ1) is 12.6. The largest absolute Gasteiger partial charge is 0.375 e. The van der Waals surface area contributed by atoms with E-state index in [-0.39, 0.29) is 30.3 Å². The molecular formula is C20H25FN2O3. The van der Waals surface area contributed by atoms with Crippen LogP contribution in [0.5, 0.6) is 0 Å². The van der Waals surface area contributed by atoms with Crippen LogP contribution in [0.3, 0.4) is 0 Å². The van der Waals surface area contributed by atoms with Crippen LogP contribution >= 0.6 is 0 Å². The third-order valence-electron chi connectivity index (χ3n) is 5.26. The molecule has 0 saturated carbocycles. The summed E-state index contributed by atoms with van der Waals surface area (Å²) in [5.41, 5.74) is 0.799. The summed E-state index contributed by atoms with van der Waals surface area (Å²) in [6, 6.07) is 6.25. The van der Waals surface area contributed by atoms with Crippen molar-refractivity contribution in [1.82, 2.24) is 9.80 Å². The van der Waals surface area contributed by atoms with Crippen molar-refractivity contribution in [1.29, 1.82) is 0 Å². The molecule has 2 amide bonds. The van der Waals surface area contributed by atoms with Gasteiger partial charge in [-0.2, -0.15) is 0 Å². The molecule has 2 aliphatic rings. The minimum atomic E-state index is -0.290. The van der Waals surface area contributed by atoms with E-state index in [2.05, 4.69) is 0 Å². The van der Waals surface area contributed by atoms with Crippen molar-refractivity contribution in [3.05, 3.63) is 41.7 Å². The summed E-state index contributed by atoms with van der Waals surface area (Å²) in [5.74, 6) is 0.0369. The zero-order valence-corrected chi connectivity index (χ0v) is 15.1. The van der Waals surface area contributed by atoms with Gasteiger partial charge in [0.1, 0.15) is 12.4 Å². The highest BCUT2D eigenvalue weighted by molar-refractivity contribution is 5.92. The number of carbonyl (C=O) groups is 2. The van der Waals surface area contributed by atoms with Crippen LogP contribution in [0.15, 0.2) is 30.3 Å². The van der Waals surface area contributed by atoms with Crippen LogP contribution in [0.1, 0.15) is 24.8 Å². The molecule has 2 heterocycles. The molecule has 2 atom stereocenters. The van der Waals surface area contributed by atoms with Gasteiger partial charge in [0.05, 0.1) is 0 Å². The second kappa shape index (κ2) is 8.45. The Morgan fingerprint density at radius 1 is 1.23 bits per heavy atom. The smallest absolute Gasteiger partial charge is 0.248 e. The number of likely N-dealkylation sites (tertiary alicyclic amines) is 2. The summed E-state index contributed by atoms with van der Waals surface area (Å²) in [4.78, 5) is 28.5. The molecule has 0 aliphatic carbocycles. The molecule has 0 unspecified atom stereocenters. The number of benzene rings is 1. The van der Waals surface area contributed by atoms with Gasteiger partial charge < -0.3 is 14.5 Å². The van der Waals surface area contributed by atoms with Crippen molar-refractivity contribution in [3.8, 4) is 0 Å². The van der Waals surface area contributed by atoms with Crippen molar-refractivity contribution >= 4 is 17.9 Å². The van der Waals surface area contributed by atoms with Gasteiger partial charge in [0.25, 0.3) is 0 Å². The molecule has 5 nitrogen and oxygen atoms in total. The molecule has 0 spiro atoms. The second-order valence-corrected chi connectivity index (χ2v) is 6.95. The lowest BCUT2D eigenvalue weighted by Crippen LogP contribution is -2.56. The van der Waals surface area contributed by atoms with E-state index in [9.17, 15) is 14.0 Å². The fourth-order valence-corrected chi connectivity index (χ4v) is 3.96. The molecule has 0 radical (unpaired) electrons. The van der Waals surface area contributed by atoms with Crippen LogP contribution in [0.2, 0.25) is 0 Å². The lowest BCUT2D eigenvalue weighted by Gasteiger charge is -2.47. The van der Waals surface area contributed by atoms with E-state index >= 15 is 0 Å². The second-order valence-electron chi connectivity index (χ2n) is 6.95. The van der Waals surface area contributed by atoms with Gasteiger partial charge in [-0.15, -0.1) is 0 Å². The third kappa shape index (κ3) is 4.30. The van der Waals surface area contributed by atoms with Crippen molar-refractivity contribution in [3.63, 3.8) is 0 Å². The van der Waals surface area contributed by atoms with E-state index in [0.717, 1.165) is 31.4 Å². The first-order valence-corrected chi connectivity index (χ1v) is 9.09. The SMILES string of the molecule is COCC(=O)N1CC[C@H]2[C@H](CCCN2C(=O)/C=C/c2ccc(F)cc2)C1. The number of amides is 2.